The lowest BCUT2D eigenvalue weighted by Gasteiger charge is -2.18. The van der Waals surface area contributed by atoms with Gasteiger partial charge in [-0.05, 0) is 48.7 Å². The van der Waals surface area contributed by atoms with Crippen LogP contribution in [0, 0.1) is 5.82 Å². The molecule has 0 aromatic heterocycles. The minimum atomic E-state index is -0.917. The highest BCUT2D eigenvalue weighted by molar-refractivity contribution is 9.10. The van der Waals surface area contributed by atoms with Crippen LogP contribution in [0.1, 0.15) is 18.4 Å². The molecule has 0 saturated heterocycles. The average molecular weight is 412 g/mol. The Hall–Kier alpha value is -1.92. The zero-order valence-electron chi connectivity index (χ0n) is 12.4. The van der Waals surface area contributed by atoms with Gasteiger partial charge in [-0.25, -0.2) is 4.39 Å². The molecule has 0 bridgehead atoms. The van der Waals surface area contributed by atoms with Gasteiger partial charge in [0.1, 0.15) is 5.82 Å². The van der Waals surface area contributed by atoms with Crippen molar-refractivity contribution in [3.63, 3.8) is 0 Å². The van der Waals surface area contributed by atoms with Crippen LogP contribution in [-0.2, 0) is 15.1 Å². The van der Waals surface area contributed by atoms with Gasteiger partial charge in [-0.2, -0.15) is 0 Å². The first kappa shape index (κ1) is 16.9. The maximum absolute atomic E-state index is 13.7. The van der Waals surface area contributed by atoms with Crippen molar-refractivity contribution in [2.75, 3.05) is 5.32 Å². The van der Waals surface area contributed by atoms with Gasteiger partial charge < -0.3 is 10.6 Å². The highest BCUT2D eigenvalue weighted by atomic mass is 79.9. The molecule has 2 amide bonds. The molecule has 0 spiro atoms. The predicted octanol–water partition coefficient (Wildman–Crippen LogP) is 3.99. The summed E-state index contributed by atoms with van der Waals surface area (Å²) in [4.78, 5) is 24.2. The summed E-state index contributed by atoms with van der Waals surface area (Å²) in [6.07, 6.45) is 1.51. The maximum atomic E-state index is 13.7. The summed E-state index contributed by atoms with van der Waals surface area (Å²) in [5, 5.41) is 5.21. The van der Waals surface area contributed by atoms with E-state index in [0.29, 0.717) is 0 Å². The van der Waals surface area contributed by atoms with Crippen molar-refractivity contribution in [3.8, 4) is 0 Å². The van der Waals surface area contributed by atoms with Crippen LogP contribution < -0.4 is 10.6 Å². The second-order valence-electron chi connectivity index (χ2n) is 5.62. The summed E-state index contributed by atoms with van der Waals surface area (Å²) in [5.74, 6) is -2.41. The number of carbonyl (C=O) groups is 2. The molecule has 0 heterocycles. The van der Waals surface area contributed by atoms with Crippen molar-refractivity contribution >= 4 is 45.0 Å². The molecule has 4 nitrogen and oxygen atoms in total. The van der Waals surface area contributed by atoms with E-state index in [1.807, 2.05) is 24.3 Å². The lowest BCUT2D eigenvalue weighted by molar-refractivity contribution is -0.136. The molecule has 0 atom stereocenters. The number of carbonyl (C=O) groups excluding carboxylic acids is 2. The number of rotatable bonds is 3. The Labute approximate surface area is 151 Å². The quantitative estimate of drug-likeness (QED) is 0.751. The lowest BCUT2D eigenvalue weighted by Crippen LogP contribution is -2.42. The molecule has 3 rings (SSSR count). The Morgan fingerprint density at radius 3 is 2.33 bits per heavy atom. The number of amides is 2. The van der Waals surface area contributed by atoms with Crippen molar-refractivity contribution in [2.45, 2.75) is 18.4 Å². The summed E-state index contributed by atoms with van der Waals surface area (Å²) in [7, 11) is 0. The number of anilines is 1. The molecule has 1 fully saturated rings. The number of hydrogen-bond acceptors (Lipinski definition) is 2. The second kappa shape index (κ2) is 6.53. The average Bonchev–Trinajstić information content (AvgIpc) is 3.31. The molecule has 1 saturated carbocycles. The molecule has 0 aliphatic heterocycles. The molecule has 124 valence electrons. The number of nitrogens with one attached hydrogen (secondary N) is 2. The molecule has 2 aromatic carbocycles. The normalized spacial score (nSPS) is 14.8. The van der Waals surface area contributed by atoms with Gasteiger partial charge in [-0.1, -0.05) is 39.7 Å². The summed E-state index contributed by atoms with van der Waals surface area (Å²) < 4.78 is 14.6. The van der Waals surface area contributed by atoms with Crippen LogP contribution in [-0.4, -0.2) is 11.8 Å². The minimum absolute atomic E-state index is 0.0898. The van der Waals surface area contributed by atoms with E-state index < -0.39 is 23.2 Å². The minimum Gasteiger partial charge on any atom is -0.338 e. The van der Waals surface area contributed by atoms with E-state index in [2.05, 4.69) is 26.6 Å². The smallest absolute Gasteiger partial charge is 0.313 e. The molecule has 24 heavy (non-hydrogen) atoms. The van der Waals surface area contributed by atoms with Gasteiger partial charge in [0.25, 0.3) is 0 Å². The van der Waals surface area contributed by atoms with E-state index in [1.54, 1.807) is 0 Å². The first-order chi connectivity index (χ1) is 11.4. The number of benzene rings is 2. The van der Waals surface area contributed by atoms with Crippen molar-refractivity contribution in [1.29, 1.82) is 0 Å². The number of halogens is 3. The van der Waals surface area contributed by atoms with Crippen molar-refractivity contribution in [2.24, 2.45) is 0 Å². The van der Waals surface area contributed by atoms with Gasteiger partial charge in [-0.3, -0.25) is 9.59 Å². The second-order valence-corrected chi connectivity index (χ2v) is 6.97. The highest BCUT2D eigenvalue weighted by Crippen LogP contribution is 2.45. The van der Waals surface area contributed by atoms with E-state index >= 15 is 0 Å². The summed E-state index contributed by atoms with van der Waals surface area (Å²) >= 11 is 9.01. The Kier molecular flexibility index (Phi) is 4.60. The van der Waals surface area contributed by atoms with Gasteiger partial charge in [-0.15, -0.1) is 0 Å². The van der Waals surface area contributed by atoms with Gasteiger partial charge in [0, 0.05) is 9.50 Å². The third-order valence-corrected chi connectivity index (χ3v) is 4.65. The van der Waals surface area contributed by atoms with Gasteiger partial charge in [0.05, 0.1) is 11.2 Å². The molecule has 0 unspecified atom stereocenters. The summed E-state index contributed by atoms with van der Waals surface area (Å²) in [6.45, 7) is 0. The van der Waals surface area contributed by atoms with Crippen LogP contribution in [0.5, 0.6) is 0 Å². The Morgan fingerprint density at radius 1 is 1.08 bits per heavy atom. The van der Waals surface area contributed by atoms with Crippen LogP contribution in [0.15, 0.2) is 46.9 Å². The zero-order valence-corrected chi connectivity index (χ0v) is 14.7. The fourth-order valence-corrected chi connectivity index (χ4v) is 2.85. The van der Waals surface area contributed by atoms with Gasteiger partial charge >= 0.3 is 11.8 Å². The molecular formula is C17H13BrClFN2O2. The lowest BCUT2D eigenvalue weighted by atomic mass is 10.1. The van der Waals surface area contributed by atoms with Crippen molar-refractivity contribution in [1.82, 2.24) is 5.32 Å². The predicted molar refractivity (Wildman–Crippen MR) is 93.2 cm³/mol. The highest BCUT2D eigenvalue weighted by Gasteiger charge is 2.46. The molecule has 1 aliphatic rings. The van der Waals surface area contributed by atoms with E-state index in [-0.39, 0.29) is 10.7 Å². The Balaban J connectivity index is 1.68. The molecule has 2 N–H and O–H groups in total. The van der Waals surface area contributed by atoms with Crippen LogP contribution in [0.2, 0.25) is 5.02 Å². The third-order valence-electron chi connectivity index (χ3n) is 3.89. The first-order valence-electron chi connectivity index (χ1n) is 7.24. The fourth-order valence-electron chi connectivity index (χ4n) is 2.42. The Bertz CT molecular complexity index is 807. The largest absolute Gasteiger partial charge is 0.338 e. The van der Waals surface area contributed by atoms with Crippen molar-refractivity contribution in [3.05, 3.63) is 63.3 Å². The number of hydrogen-bond donors (Lipinski definition) is 2. The van der Waals surface area contributed by atoms with Crippen LogP contribution in [0.25, 0.3) is 0 Å². The molecule has 2 aromatic rings. The van der Waals surface area contributed by atoms with E-state index in [4.69, 9.17) is 11.6 Å². The summed E-state index contributed by atoms with van der Waals surface area (Å²) in [6, 6.07) is 11.4. The maximum Gasteiger partial charge on any atom is 0.313 e. The van der Waals surface area contributed by atoms with E-state index in [0.717, 1.165) is 28.9 Å². The van der Waals surface area contributed by atoms with Crippen molar-refractivity contribution < 1.29 is 14.0 Å². The fraction of sp³-hybridized carbons (Fsp3) is 0.176. The van der Waals surface area contributed by atoms with E-state index in [9.17, 15) is 14.0 Å². The van der Waals surface area contributed by atoms with E-state index in [1.165, 1.54) is 12.1 Å². The molecular weight excluding hydrogens is 399 g/mol. The zero-order chi connectivity index (χ0) is 17.3. The molecule has 0 radical (unpaired) electrons. The van der Waals surface area contributed by atoms with Crippen LogP contribution in [0.3, 0.4) is 0 Å². The summed E-state index contributed by atoms with van der Waals surface area (Å²) in [5.41, 5.74) is 0.325. The molecule has 1 aliphatic carbocycles. The molecule has 7 heteroatoms. The third kappa shape index (κ3) is 3.60. The Morgan fingerprint density at radius 2 is 1.75 bits per heavy atom. The topological polar surface area (TPSA) is 58.2 Å². The first-order valence-corrected chi connectivity index (χ1v) is 8.41. The standard InChI is InChI=1S/C17H13BrClFN2O2/c18-11-3-1-10(2-4-11)17(7-8-17)22-16(24)15(23)21-14-6-5-12(19)9-13(14)20/h1-6,9H,7-8H2,(H,21,23)(H,22,24). The van der Waals surface area contributed by atoms with Gasteiger partial charge in [0.15, 0.2) is 0 Å². The van der Waals surface area contributed by atoms with Gasteiger partial charge in [0.2, 0.25) is 0 Å². The van der Waals surface area contributed by atoms with Crippen LogP contribution >= 0.6 is 27.5 Å². The van der Waals surface area contributed by atoms with Crippen LogP contribution in [0.4, 0.5) is 10.1 Å². The monoisotopic (exact) mass is 410 g/mol. The SMILES string of the molecule is O=C(Nc1ccc(Cl)cc1F)C(=O)NC1(c2ccc(Br)cc2)CC1.